The summed E-state index contributed by atoms with van der Waals surface area (Å²) in [6, 6.07) is 25.6. The molecule has 0 unspecified atom stereocenters. The number of phenols is 1. The summed E-state index contributed by atoms with van der Waals surface area (Å²) in [7, 11) is 3.00. The zero-order chi connectivity index (χ0) is 37.9. The van der Waals surface area contributed by atoms with Crippen molar-refractivity contribution in [1.29, 1.82) is 0 Å². The summed E-state index contributed by atoms with van der Waals surface area (Å²) >= 11 is 12.7. The van der Waals surface area contributed by atoms with E-state index < -0.39 is 46.8 Å². The number of amides is 4. The number of nitrogens with zero attached hydrogens (tertiary/aromatic N) is 2. The van der Waals surface area contributed by atoms with E-state index in [-0.39, 0.29) is 41.2 Å². The Bertz CT molecular complexity index is 2260. The molecular weight excluding hydrogens is 729 g/mol. The average molecular weight is 765 g/mol. The predicted molar refractivity (Wildman–Crippen MR) is 204 cm³/mol. The third kappa shape index (κ3) is 5.46. The standard InChI is InChI=1S/C42H35Cl2N3O7/c1-53-27-13-10-24(11-14-27)42-31(17-8-23-9-19-35(48)36(20-23)54-2)28-15-16-29-37(40(51)46(38(29)49)26-6-4-3-5-7-26)30(28)22-32(42)39(50)47(41(42)52)45-34-18-12-25(43)21-33(34)44/h3-15,17-21,29-32,37,45,48H,16,22H2,1-2H3/t29-,30+,31-,32-,37-,42-/m0/s1. The highest BCUT2D eigenvalue weighted by molar-refractivity contribution is 6.36. The van der Waals surface area contributed by atoms with Crippen LogP contribution in [0.2, 0.25) is 10.0 Å². The number of carbonyl (C=O) groups excluding carboxylic acids is 4. The summed E-state index contributed by atoms with van der Waals surface area (Å²) in [6.45, 7) is 0. The topological polar surface area (TPSA) is 125 Å². The lowest BCUT2D eigenvalue weighted by molar-refractivity contribution is -0.139. The summed E-state index contributed by atoms with van der Waals surface area (Å²) in [5.41, 5.74) is 4.36. The number of hydrogen-bond donors (Lipinski definition) is 2. The van der Waals surface area contributed by atoms with Gasteiger partial charge in [-0.3, -0.25) is 29.5 Å². The van der Waals surface area contributed by atoms with E-state index in [4.69, 9.17) is 32.7 Å². The lowest BCUT2D eigenvalue weighted by atomic mass is 9.50. The fourth-order valence-corrected chi connectivity index (χ4v) is 9.38. The zero-order valence-corrected chi connectivity index (χ0v) is 30.8. The minimum atomic E-state index is -1.49. The van der Waals surface area contributed by atoms with Crippen molar-refractivity contribution in [2.24, 2.45) is 29.6 Å². The van der Waals surface area contributed by atoms with Crippen LogP contribution < -0.4 is 19.8 Å². The maximum atomic E-state index is 15.3. The van der Waals surface area contributed by atoms with E-state index in [2.05, 4.69) is 5.43 Å². The highest BCUT2D eigenvalue weighted by atomic mass is 35.5. The number of imide groups is 2. The molecule has 2 aliphatic heterocycles. The van der Waals surface area contributed by atoms with Gasteiger partial charge in [-0.05, 0) is 84.5 Å². The number of hydrazine groups is 1. The van der Waals surface area contributed by atoms with Gasteiger partial charge in [0.2, 0.25) is 11.8 Å². The molecule has 0 aromatic heterocycles. The molecule has 2 heterocycles. The number of nitrogens with one attached hydrogen (secondary N) is 1. The molecule has 274 valence electrons. The molecule has 0 bridgehead atoms. The fraction of sp³-hybridized carbons (Fsp3) is 0.238. The first-order valence-corrected chi connectivity index (χ1v) is 18.3. The summed E-state index contributed by atoms with van der Waals surface area (Å²) in [6.07, 6.45) is 6.13. The van der Waals surface area contributed by atoms with Crippen LogP contribution in [-0.4, -0.2) is 48.0 Å². The Morgan fingerprint density at radius 1 is 0.852 bits per heavy atom. The number of para-hydroxylation sites is 1. The van der Waals surface area contributed by atoms with Crippen LogP contribution in [0.3, 0.4) is 0 Å². The molecule has 2 saturated heterocycles. The maximum absolute atomic E-state index is 15.3. The summed E-state index contributed by atoms with van der Waals surface area (Å²) in [4.78, 5) is 59.9. The molecule has 2 aliphatic carbocycles. The molecule has 10 nitrogen and oxygen atoms in total. The number of hydrogen-bond acceptors (Lipinski definition) is 8. The third-order valence-corrected chi connectivity index (χ3v) is 11.9. The summed E-state index contributed by atoms with van der Waals surface area (Å²) in [5.74, 6) is -4.43. The number of benzene rings is 4. The van der Waals surface area contributed by atoms with Crippen LogP contribution in [0.5, 0.6) is 17.2 Å². The van der Waals surface area contributed by atoms with E-state index in [1.165, 1.54) is 24.1 Å². The number of ether oxygens (including phenoxy) is 2. The molecule has 4 aliphatic rings. The van der Waals surface area contributed by atoms with Crippen LogP contribution in [0.4, 0.5) is 11.4 Å². The number of halogens is 2. The molecule has 1 saturated carbocycles. The Balaban J connectivity index is 1.31. The largest absolute Gasteiger partial charge is 0.504 e. The normalized spacial score (nSPS) is 26.1. The van der Waals surface area contributed by atoms with E-state index in [1.807, 2.05) is 24.3 Å². The van der Waals surface area contributed by atoms with E-state index in [1.54, 1.807) is 79.9 Å². The number of aromatic hydroxyl groups is 1. The van der Waals surface area contributed by atoms with Crippen molar-refractivity contribution in [3.8, 4) is 17.2 Å². The quantitative estimate of drug-likeness (QED) is 0.140. The second kappa shape index (κ2) is 13.7. The highest BCUT2D eigenvalue weighted by Gasteiger charge is 2.69. The van der Waals surface area contributed by atoms with Gasteiger partial charge in [0.1, 0.15) is 5.75 Å². The molecule has 6 atom stereocenters. The maximum Gasteiger partial charge on any atom is 0.260 e. The molecule has 12 heteroatoms. The summed E-state index contributed by atoms with van der Waals surface area (Å²) < 4.78 is 10.8. The molecule has 0 radical (unpaired) electrons. The first kappa shape index (κ1) is 35.4. The third-order valence-electron chi connectivity index (χ3n) is 11.3. The van der Waals surface area contributed by atoms with Gasteiger partial charge in [-0.2, -0.15) is 5.01 Å². The van der Waals surface area contributed by atoms with Crippen molar-refractivity contribution in [1.82, 2.24) is 5.01 Å². The Hall–Kier alpha value is -5.58. The van der Waals surface area contributed by atoms with Crippen molar-refractivity contribution in [2.75, 3.05) is 24.5 Å². The van der Waals surface area contributed by atoms with Crippen LogP contribution in [0.1, 0.15) is 24.0 Å². The van der Waals surface area contributed by atoms with Crippen molar-refractivity contribution >= 4 is 64.3 Å². The van der Waals surface area contributed by atoms with Gasteiger partial charge in [-0.15, -0.1) is 0 Å². The second-order valence-corrected chi connectivity index (χ2v) is 14.7. The first-order valence-electron chi connectivity index (χ1n) is 17.5. The van der Waals surface area contributed by atoms with Crippen LogP contribution in [-0.2, 0) is 24.6 Å². The Labute approximate surface area is 321 Å². The molecule has 2 N–H and O–H groups in total. The van der Waals surface area contributed by atoms with Crippen LogP contribution in [0.15, 0.2) is 109 Å². The lowest BCUT2D eigenvalue weighted by Crippen LogP contribution is -2.54. The molecular formula is C42H35Cl2N3O7. The van der Waals surface area contributed by atoms with E-state index in [0.717, 1.165) is 10.6 Å². The Morgan fingerprint density at radius 2 is 1.61 bits per heavy atom. The molecule has 4 amide bonds. The minimum Gasteiger partial charge on any atom is -0.504 e. The number of fused-ring (bicyclic) bond motifs is 4. The predicted octanol–water partition coefficient (Wildman–Crippen LogP) is 7.45. The van der Waals surface area contributed by atoms with Crippen molar-refractivity contribution in [3.63, 3.8) is 0 Å². The van der Waals surface area contributed by atoms with E-state index >= 15 is 4.79 Å². The number of methoxy groups -OCH3 is 2. The van der Waals surface area contributed by atoms with Gasteiger partial charge < -0.3 is 14.6 Å². The molecule has 0 spiro atoms. The van der Waals surface area contributed by atoms with Crippen molar-refractivity contribution in [3.05, 3.63) is 130 Å². The fourth-order valence-electron chi connectivity index (χ4n) is 8.93. The van der Waals surface area contributed by atoms with Crippen LogP contribution >= 0.6 is 23.2 Å². The second-order valence-electron chi connectivity index (χ2n) is 13.9. The van der Waals surface area contributed by atoms with E-state index in [0.29, 0.717) is 33.3 Å². The Kier molecular flexibility index (Phi) is 8.98. The van der Waals surface area contributed by atoms with Crippen molar-refractivity contribution < 1.29 is 33.8 Å². The van der Waals surface area contributed by atoms with Gasteiger partial charge in [0.25, 0.3) is 11.8 Å². The van der Waals surface area contributed by atoms with Gasteiger partial charge in [-0.1, -0.05) is 83.4 Å². The average Bonchev–Trinajstić information content (AvgIpc) is 3.56. The van der Waals surface area contributed by atoms with Gasteiger partial charge in [0, 0.05) is 10.9 Å². The molecule has 54 heavy (non-hydrogen) atoms. The summed E-state index contributed by atoms with van der Waals surface area (Å²) in [5, 5.41) is 11.9. The van der Waals surface area contributed by atoms with Gasteiger partial charge in [-0.25, -0.2) is 0 Å². The molecule has 4 aromatic carbocycles. The SMILES string of the molecule is COc1ccc([C@@]23C(=O)N(Nc4ccc(Cl)cc4Cl)C(=O)[C@@H]2C[C@@H]2C(=CC[C@@H]4C(=O)N(c5ccccc5)C(=O)[C@@H]42)[C@@H]3C=Cc2ccc(O)c(OC)c2)cc1. The number of carbonyl (C=O) groups is 4. The van der Waals surface area contributed by atoms with Crippen molar-refractivity contribution in [2.45, 2.75) is 18.3 Å². The Morgan fingerprint density at radius 3 is 2.31 bits per heavy atom. The smallest absolute Gasteiger partial charge is 0.260 e. The minimum absolute atomic E-state index is 0.0327. The monoisotopic (exact) mass is 763 g/mol. The molecule has 8 rings (SSSR count). The first-order chi connectivity index (χ1) is 26.1. The lowest BCUT2D eigenvalue weighted by Gasteiger charge is -2.49. The van der Waals surface area contributed by atoms with Crippen LogP contribution in [0.25, 0.3) is 6.08 Å². The zero-order valence-electron chi connectivity index (χ0n) is 29.2. The highest BCUT2D eigenvalue weighted by Crippen LogP contribution is 2.62. The van der Waals surface area contributed by atoms with Crippen LogP contribution in [0, 0.1) is 29.6 Å². The number of anilines is 2. The van der Waals surface area contributed by atoms with E-state index in [9.17, 15) is 19.5 Å². The number of allylic oxidation sites excluding steroid dienone is 3. The van der Waals surface area contributed by atoms with Gasteiger partial charge in [0.15, 0.2) is 11.5 Å². The van der Waals surface area contributed by atoms with Gasteiger partial charge >= 0.3 is 0 Å². The number of phenolic OH excluding ortho intramolecular Hbond substituents is 1. The van der Waals surface area contributed by atoms with Gasteiger partial charge in [0.05, 0.1) is 53.8 Å². The molecule has 3 fully saturated rings. The number of rotatable bonds is 8. The molecule has 4 aromatic rings.